The summed E-state index contributed by atoms with van der Waals surface area (Å²) in [5.41, 5.74) is 0. The van der Waals surface area contributed by atoms with Crippen LogP contribution in [0, 0.1) is 11.8 Å². The lowest BCUT2D eigenvalue weighted by Gasteiger charge is -2.14. The normalized spacial score (nSPS) is 28.4. The van der Waals surface area contributed by atoms with E-state index in [0.29, 0.717) is 12.8 Å². The number of likely N-dealkylation sites (tertiary alicyclic amines) is 1. The van der Waals surface area contributed by atoms with Gasteiger partial charge in [0.2, 0.25) is 11.8 Å². The van der Waals surface area contributed by atoms with Crippen molar-refractivity contribution in [2.75, 3.05) is 6.54 Å². The van der Waals surface area contributed by atoms with Gasteiger partial charge in [-0.3, -0.25) is 19.3 Å². The van der Waals surface area contributed by atoms with Gasteiger partial charge in [-0.1, -0.05) is 12.2 Å². The molecule has 2 rings (SSSR count). The van der Waals surface area contributed by atoms with Gasteiger partial charge in [-0.15, -0.1) is 0 Å². The second-order valence-corrected chi connectivity index (χ2v) is 4.13. The number of carboxylic acid groups (broad SMARTS) is 1. The number of allylic oxidation sites excluding steroid dienone is 2. The first-order valence-corrected chi connectivity index (χ1v) is 5.33. The average molecular weight is 223 g/mol. The number of amides is 2. The number of fused-ring (bicyclic) bond motifs is 1. The molecule has 0 unspecified atom stereocenters. The summed E-state index contributed by atoms with van der Waals surface area (Å²) >= 11 is 0. The maximum Gasteiger partial charge on any atom is 0.305 e. The maximum absolute atomic E-state index is 11.8. The quantitative estimate of drug-likeness (QED) is 0.555. The molecule has 0 radical (unpaired) electrons. The zero-order valence-corrected chi connectivity index (χ0v) is 8.76. The van der Waals surface area contributed by atoms with Crippen LogP contribution in [-0.4, -0.2) is 34.3 Å². The Morgan fingerprint density at radius 3 is 2.19 bits per heavy atom. The van der Waals surface area contributed by atoms with Crippen LogP contribution in [0.2, 0.25) is 0 Å². The van der Waals surface area contributed by atoms with Crippen molar-refractivity contribution in [3.8, 4) is 0 Å². The van der Waals surface area contributed by atoms with E-state index >= 15 is 0 Å². The number of carbonyl (C=O) groups excluding carboxylic acids is 2. The molecule has 0 aromatic carbocycles. The molecule has 2 amide bonds. The second kappa shape index (κ2) is 4.08. The molecular weight excluding hydrogens is 210 g/mol. The van der Waals surface area contributed by atoms with Crippen LogP contribution in [0.25, 0.3) is 0 Å². The van der Waals surface area contributed by atoms with Gasteiger partial charge in [0.15, 0.2) is 0 Å². The molecule has 1 saturated heterocycles. The largest absolute Gasteiger partial charge is 0.481 e. The van der Waals surface area contributed by atoms with Crippen LogP contribution in [0.1, 0.15) is 19.3 Å². The zero-order chi connectivity index (χ0) is 11.7. The Labute approximate surface area is 92.7 Å². The molecule has 5 heteroatoms. The van der Waals surface area contributed by atoms with Gasteiger partial charge in [0.1, 0.15) is 0 Å². The predicted octanol–water partition coefficient (Wildman–Crippen LogP) is 0.412. The van der Waals surface area contributed by atoms with Crippen molar-refractivity contribution < 1.29 is 19.5 Å². The fourth-order valence-electron chi connectivity index (χ4n) is 2.30. The summed E-state index contributed by atoms with van der Waals surface area (Å²) in [5.74, 6) is -1.92. The molecule has 1 heterocycles. The molecule has 1 N–H and O–H groups in total. The van der Waals surface area contributed by atoms with Gasteiger partial charge in [-0.25, -0.2) is 0 Å². The van der Waals surface area contributed by atoms with Gasteiger partial charge in [-0.05, 0) is 12.8 Å². The topological polar surface area (TPSA) is 74.7 Å². The summed E-state index contributed by atoms with van der Waals surface area (Å²) < 4.78 is 0. The van der Waals surface area contributed by atoms with Crippen LogP contribution < -0.4 is 0 Å². The zero-order valence-electron chi connectivity index (χ0n) is 8.76. The minimum absolute atomic E-state index is 0. The molecule has 5 nitrogen and oxygen atoms in total. The first kappa shape index (κ1) is 10.9. The smallest absolute Gasteiger partial charge is 0.305 e. The van der Waals surface area contributed by atoms with E-state index in [4.69, 9.17) is 5.11 Å². The van der Waals surface area contributed by atoms with Gasteiger partial charge >= 0.3 is 5.97 Å². The van der Waals surface area contributed by atoms with Crippen molar-refractivity contribution in [3.05, 3.63) is 12.2 Å². The standard InChI is InChI=1S/C11H13NO4/c13-9(14)5-6-12-10(15)7-3-1-2-4-8(7)11(12)16/h1-2,7-8H,3-6H2,(H,13,14)/t7-,8+. The summed E-state index contributed by atoms with van der Waals surface area (Å²) in [6, 6.07) is 0. The summed E-state index contributed by atoms with van der Waals surface area (Å²) in [6.45, 7) is 0. The molecule has 0 spiro atoms. The van der Waals surface area contributed by atoms with Gasteiger partial charge in [0.25, 0.3) is 0 Å². The molecule has 1 fully saturated rings. The Bertz CT molecular complexity index is 348. The third-order valence-corrected chi connectivity index (χ3v) is 3.15. The molecule has 1 aliphatic carbocycles. The summed E-state index contributed by atoms with van der Waals surface area (Å²) in [5, 5.41) is 8.54. The van der Waals surface area contributed by atoms with Crippen LogP contribution in [0.3, 0.4) is 0 Å². The number of rotatable bonds is 3. The number of imide groups is 1. The lowest BCUT2D eigenvalue weighted by Crippen LogP contribution is -2.33. The van der Waals surface area contributed by atoms with Gasteiger partial charge in [-0.2, -0.15) is 0 Å². The Hall–Kier alpha value is -1.65. The second-order valence-electron chi connectivity index (χ2n) is 4.13. The van der Waals surface area contributed by atoms with E-state index in [9.17, 15) is 14.4 Å². The molecule has 16 heavy (non-hydrogen) atoms. The predicted molar refractivity (Wildman–Crippen MR) is 54.3 cm³/mol. The Balaban J connectivity index is 2.08. The molecule has 0 saturated carbocycles. The first-order valence-electron chi connectivity index (χ1n) is 5.33. The number of hydrogen-bond donors (Lipinski definition) is 1. The Morgan fingerprint density at radius 1 is 1.25 bits per heavy atom. The van der Waals surface area contributed by atoms with E-state index in [1.165, 1.54) is 0 Å². The molecule has 0 aromatic heterocycles. The monoisotopic (exact) mass is 223 g/mol. The first-order chi connectivity index (χ1) is 7.61. The average Bonchev–Trinajstić information content (AvgIpc) is 2.50. The lowest BCUT2D eigenvalue weighted by atomic mass is 9.85. The maximum atomic E-state index is 11.8. The highest BCUT2D eigenvalue weighted by Crippen LogP contribution is 2.34. The van der Waals surface area contributed by atoms with Crippen LogP contribution in [0.4, 0.5) is 0 Å². The van der Waals surface area contributed by atoms with Crippen molar-refractivity contribution in [2.24, 2.45) is 11.8 Å². The van der Waals surface area contributed by atoms with E-state index in [2.05, 4.69) is 0 Å². The van der Waals surface area contributed by atoms with Gasteiger partial charge in [0, 0.05) is 6.54 Å². The Morgan fingerprint density at radius 2 is 1.75 bits per heavy atom. The summed E-state index contributed by atoms with van der Waals surface area (Å²) in [6.07, 6.45) is 4.84. The van der Waals surface area contributed by atoms with E-state index < -0.39 is 5.97 Å². The molecular formula is C11H13NO4. The minimum atomic E-state index is -0.992. The number of hydrogen-bond acceptors (Lipinski definition) is 3. The highest BCUT2D eigenvalue weighted by Gasteiger charge is 2.46. The van der Waals surface area contributed by atoms with Crippen molar-refractivity contribution in [2.45, 2.75) is 19.3 Å². The van der Waals surface area contributed by atoms with E-state index in [1.54, 1.807) is 0 Å². The summed E-state index contributed by atoms with van der Waals surface area (Å²) in [4.78, 5) is 35.2. The van der Waals surface area contributed by atoms with Crippen molar-refractivity contribution in [1.29, 1.82) is 0 Å². The summed E-state index contributed by atoms with van der Waals surface area (Å²) in [7, 11) is 0. The molecule has 0 bridgehead atoms. The highest BCUT2D eigenvalue weighted by atomic mass is 16.4. The highest BCUT2D eigenvalue weighted by molar-refractivity contribution is 6.05. The van der Waals surface area contributed by atoms with Crippen molar-refractivity contribution >= 4 is 17.8 Å². The van der Waals surface area contributed by atoms with E-state index in [-0.39, 0.29) is 36.6 Å². The third-order valence-electron chi connectivity index (χ3n) is 3.15. The van der Waals surface area contributed by atoms with Crippen LogP contribution in [0.15, 0.2) is 12.2 Å². The molecule has 0 aromatic rings. The van der Waals surface area contributed by atoms with Crippen molar-refractivity contribution in [1.82, 2.24) is 4.90 Å². The van der Waals surface area contributed by atoms with Crippen molar-refractivity contribution in [3.63, 3.8) is 0 Å². The minimum Gasteiger partial charge on any atom is -0.481 e. The fraction of sp³-hybridized carbons (Fsp3) is 0.545. The number of carbonyl (C=O) groups is 3. The van der Waals surface area contributed by atoms with Gasteiger partial charge < -0.3 is 5.11 Å². The molecule has 86 valence electrons. The van der Waals surface area contributed by atoms with E-state index in [1.807, 2.05) is 12.2 Å². The number of carboxylic acids is 1. The molecule has 1 aliphatic heterocycles. The number of aliphatic carboxylic acids is 1. The number of nitrogens with zero attached hydrogens (tertiary/aromatic N) is 1. The third kappa shape index (κ3) is 1.73. The fourth-order valence-corrected chi connectivity index (χ4v) is 2.30. The SMILES string of the molecule is O=C(O)CCN1C(=O)[C@H]2CC=CC[C@H]2C1=O. The van der Waals surface area contributed by atoms with Crippen LogP contribution in [0.5, 0.6) is 0 Å². The Kier molecular flexibility index (Phi) is 2.77. The van der Waals surface area contributed by atoms with Crippen LogP contribution in [-0.2, 0) is 14.4 Å². The van der Waals surface area contributed by atoms with Gasteiger partial charge in [0.05, 0.1) is 18.3 Å². The lowest BCUT2D eigenvalue weighted by molar-refractivity contribution is -0.142. The van der Waals surface area contributed by atoms with Crippen LogP contribution >= 0.6 is 0 Å². The molecule has 2 aliphatic rings. The molecule has 2 atom stereocenters. The van der Waals surface area contributed by atoms with E-state index in [0.717, 1.165) is 4.90 Å².